The van der Waals surface area contributed by atoms with Gasteiger partial charge in [0.1, 0.15) is 6.54 Å². The third-order valence-corrected chi connectivity index (χ3v) is 1.39. The molecule has 2 rings (SSSR count). The summed E-state index contributed by atoms with van der Waals surface area (Å²) in [6, 6.07) is 0. The van der Waals surface area contributed by atoms with Gasteiger partial charge in [0.25, 0.3) is 5.91 Å². The zero-order valence-corrected chi connectivity index (χ0v) is 5.19. The Morgan fingerprint density at radius 2 is 2.50 bits per heavy atom. The Hall–Kier alpha value is -1.45. The van der Waals surface area contributed by atoms with E-state index in [1.165, 1.54) is 6.21 Å². The van der Waals surface area contributed by atoms with Crippen molar-refractivity contribution in [2.45, 2.75) is 6.54 Å². The minimum Gasteiger partial charge on any atom is -0.320 e. The third-order valence-electron chi connectivity index (χ3n) is 1.39. The lowest BCUT2D eigenvalue weighted by Gasteiger charge is -2.04. The molecule has 2 heterocycles. The molecule has 4 heteroatoms. The van der Waals surface area contributed by atoms with E-state index in [0.717, 1.165) is 5.69 Å². The summed E-state index contributed by atoms with van der Waals surface area (Å²) in [5.74, 6) is -0.120. The first-order chi connectivity index (χ1) is 4.86. The molecule has 0 aromatic carbocycles. The Kier molecular flexibility index (Phi) is 0.943. The second-order valence-corrected chi connectivity index (χ2v) is 2.10. The number of aliphatic imine (C=N–C) groups is 1. The number of fused-ring (bicyclic) bond motifs is 1. The molecule has 0 radical (unpaired) electrons. The van der Waals surface area contributed by atoms with Crippen LogP contribution >= 0.6 is 0 Å². The number of aromatic nitrogens is 2. The lowest BCUT2D eigenvalue weighted by atomic mass is 10.4. The van der Waals surface area contributed by atoms with Crippen LogP contribution in [0.25, 0.3) is 0 Å². The number of rotatable bonds is 0. The van der Waals surface area contributed by atoms with Gasteiger partial charge >= 0.3 is 0 Å². The van der Waals surface area contributed by atoms with Crippen LogP contribution < -0.4 is 0 Å². The van der Waals surface area contributed by atoms with Gasteiger partial charge in [-0.25, -0.2) is 9.98 Å². The second kappa shape index (κ2) is 1.76. The van der Waals surface area contributed by atoms with E-state index >= 15 is 0 Å². The Labute approximate surface area is 57.2 Å². The summed E-state index contributed by atoms with van der Waals surface area (Å²) in [4.78, 5) is 18.2. The standard InChI is InChI=1S/C6H5N3O/c10-6-3-9-4-7-1-5(9)2-8-6/h1-2,4H,3H2. The average molecular weight is 135 g/mol. The molecule has 0 spiro atoms. The van der Waals surface area contributed by atoms with Gasteiger partial charge in [0.05, 0.1) is 24.4 Å². The molecular weight excluding hydrogens is 130 g/mol. The highest BCUT2D eigenvalue weighted by Crippen LogP contribution is 2.01. The van der Waals surface area contributed by atoms with Crippen LogP contribution in [0, 0.1) is 0 Å². The van der Waals surface area contributed by atoms with Crippen LogP contribution in [0.2, 0.25) is 0 Å². The van der Waals surface area contributed by atoms with Gasteiger partial charge in [-0.15, -0.1) is 0 Å². The molecule has 10 heavy (non-hydrogen) atoms. The zero-order valence-electron chi connectivity index (χ0n) is 5.19. The third kappa shape index (κ3) is 0.655. The van der Waals surface area contributed by atoms with Gasteiger partial charge in [0.2, 0.25) is 0 Å². The van der Waals surface area contributed by atoms with Crippen LogP contribution in [-0.4, -0.2) is 21.7 Å². The fourth-order valence-corrected chi connectivity index (χ4v) is 0.895. The molecule has 0 atom stereocenters. The van der Waals surface area contributed by atoms with Crippen molar-refractivity contribution < 1.29 is 4.79 Å². The van der Waals surface area contributed by atoms with Gasteiger partial charge in [-0.05, 0) is 0 Å². The Bertz CT molecular complexity index is 300. The number of imidazole rings is 1. The van der Waals surface area contributed by atoms with E-state index in [2.05, 4.69) is 9.98 Å². The van der Waals surface area contributed by atoms with E-state index in [9.17, 15) is 4.79 Å². The largest absolute Gasteiger partial charge is 0.320 e. The summed E-state index contributed by atoms with van der Waals surface area (Å²) in [5, 5.41) is 0. The fraction of sp³-hybridized carbons (Fsp3) is 0.167. The smallest absolute Gasteiger partial charge is 0.265 e. The van der Waals surface area contributed by atoms with Gasteiger partial charge in [-0.2, -0.15) is 0 Å². The van der Waals surface area contributed by atoms with Gasteiger partial charge < -0.3 is 4.57 Å². The van der Waals surface area contributed by atoms with Crippen molar-refractivity contribution >= 4 is 12.1 Å². The predicted octanol–water partition coefficient (Wildman–Crippen LogP) is -0.158. The molecule has 1 aromatic heterocycles. The minimum atomic E-state index is -0.120. The summed E-state index contributed by atoms with van der Waals surface area (Å²) in [6.07, 6.45) is 4.83. The van der Waals surface area contributed by atoms with Crippen LogP contribution in [0.3, 0.4) is 0 Å². The molecule has 0 bridgehead atoms. The molecule has 1 aromatic rings. The Balaban J connectivity index is 2.52. The maximum atomic E-state index is 10.7. The molecule has 0 saturated heterocycles. The number of hydrogen-bond donors (Lipinski definition) is 0. The molecule has 50 valence electrons. The monoisotopic (exact) mass is 135 g/mol. The predicted molar refractivity (Wildman–Crippen MR) is 34.8 cm³/mol. The summed E-state index contributed by atoms with van der Waals surface area (Å²) < 4.78 is 1.76. The molecule has 0 saturated carbocycles. The zero-order chi connectivity index (χ0) is 6.97. The van der Waals surface area contributed by atoms with Crippen LogP contribution in [-0.2, 0) is 11.3 Å². The maximum Gasteiger partial charge on any atom is 0.265 e. The molecule has 1 aliphatic heterocycles. The van der Waals surface area contributed by atoms with Gasteiger partial charge in [0.15, 0.2) is 0 Å². The van der Waals surface area contributed by atoms with E-state index in [0.29, 0.717) is 6.54 Å². The van der Waals surface area contributed by atoms with Gasteiger partial charge in [-0.1, -0.05) is 0 Å². The van der Waals surface area contributed by atoms with Crippen molar-refractivity contribution in [3.05, 3.63) is 18.2 Å². The van der Waals surface area contributed by atoms with Crippen molar-refractivity contribution in [3.8, 4) is 0 Å². The van der Waals surface area contributed by atoms with E-state index in [4.69, 9.17) is 0 Å². The molecule has 1 aliphatic rings. The van der Waals surface area contributed by atoms with Crippen molar-refractivity contribution in [1.82, 2.24) is 9.55 Å². The summed E-state index contributed by atoms with van der Waals surface area (Å²) in [5.41, 5.74) is 0.889. The average Bonchev–Trinajstić information content (AvgIpc) is 2.33. The van der Waals surface area contributed by atoms with Crippen molar-refractivity contribution in [1.29, 1.82) is 0 Å². The number of hydrogen-bond acceptors (Lipinski definition) is 2. The molecule has 0 fully saturated rings. The van der Waals surface area contributed by atoms with Crippen molar-refractivity contribution in [2.24, 2.45) is 4.99 Å². The van der Waals surface area contributed by atoms with Crippen LogP contribution in [0.1, 0.15) is 5.69 Å². The normalized spacial score (nSPS) is 15.4. The Morgan fingerprint density at radius 3 is 3.40 bits per heavy atom. The molecule has 0 unspecified atom stereocenters. The van der Waals surface area contributed by atoms with Crippen molar-refractivity contribution in [2.75, 3.05) is 0 Å². The summed E-state index contributed by atoms with van der Waals surface area (Å²) in [6.45, 7) is 0.325. The van der Waals surface area contributed by atoms with Crippen LogP contribution in [0.5, 0.6) is 0 Å². The molecule has 0 N–H and O–H groups in total. The van der Waals surface area contributed by atoms with E-state index < -0.39 is 0 Å². The minimum absolute atomic E-state index is 0.120. The first-order valence-electron chi connectivity index (χ1n) is 2.93. The highest BCUT2D eigenvalue weighted by molar-refractivity contribution is 5.93. The SMILES string of the molecule is O=C1Cn2cncc2C=N1. The first-order valence-corrected chi connectivity index (χ1v) is 2.93. The molecule has 0 aliphatic carbocycles. The Morgan fingerprint density at radius 1 is 1.60 bits per heavy atom. The van der Waals surface area contributed by atoms with E-state index in [-0.39, 0.29) is 5.91 Å². The molecule has 4 nitrogen and oxygen atoms in total. The highest BCUT2D eigenvalue weighted by Gasteiger charge is 2.08. The van der Waals surface area contributed by atoms with Crippen molar-refractivity contribution in [3.63, 3.8) is 0 Å². The molecule has 1 amide bonds. The maximum absolute atomic E-state index is 10.7. The second-order valence-electron chi connectivity index (χ2n) is 2.10. The number of nitrogens with zero attached hydrogens (tertiary/aromatic N) is 3. The number of amides is 1. The lowest BCUT2D eigenvalue weighted by molar-refractivity contribution is -0.118. The van der Waals surface area contributed by atoms with Crippen LogP contribution in [0.4, 0.5) is 0 Å². The summed E-state index contributed by atoms with van der Waals surface area (Å²) in [7, 11) is 0. The van der Waals surface area contributed by atoms with Crippen LogP contribution in [0.15, 0.2) is 17.5 Å². The van der Waals surface area contributed by atoms with Gasteiger partial charge in [-0.3, -0.25) is 4.79 Å². The first kappa shape index (κ1) is 5.34. The molecular formula is C6H5N3O. The number of carbonyl (C=O) groups is 1. The van der Waals surface area contributed by atoms with E-state index in [1.807, 2.05) is 0 Å². The number of carbonyl (C=O) groups excluding carboxylic acids is 1. The topological polar surface area (TPSA) is 47.2 Å². The quantitative estimate of drug-likeness (QED) is 0.496. The van der Waals surface area contributed by atoms with Gasteiger partial charge in [0, 0.05) is 0 Å². The summed E-state index contributed by atoms with van der Waals surface area (Å²) >= 11 is 0. The highest BCUT2D eigenvalue weighted by atomic mass is 16.1. The lowest BCUT2D eigenvalue weighted by Crippen LogP contribution is -2.14. The fourth-order valence-electron chi connectivity index (χ4n) is 0.895. The van der Waals surface area contributed by atoms with E-state index in [1.54, 1.807) is 17.1 Å².